The Morgan fingerprint density at radius 2 is 1.90 bits per heavy atom. The first-order valence-corrected chi connectivity index (χ1v) is 9.87. The smallest absolute Gasteiger partial charge is 0.416 e. The van der Waals surface area contributed by atoms with E-state index in [0.29, 0.717) is 10.5 Å². The van der Waals surface area contributed by atoms with E-state index in [-0.39, 0.29) is 34.6 Å². The van der Waals surface area contributed by atoms with Crippen molar-refractivity contribution in [3.63, 3.8) is 0 Å². The molecule has 0 atom stereocenters. The molecule has 1 saturated heterocycles. The number of halogens is 3. The fraction of sp³-hybridized carbons (Fsp3) is 0.150. The number of aromatic hydroxyl groups is 1. The summed E-state index contributed by atoms with van der Waals surface area (Å²) < 4.78 is 38.6. The topological polar surface area (TPSA) is 69.6 Å². The van der Waals surface area contributed by atoms with Crippen molar-refractivity contribution in [3.8, 4) is 5.75 Å². The number of nitrogens with zero attached hydrogens (tertiary/aromatic N) is 1. The number of carbonyl (C=O) groups excluding carboxylic acids is 2. The average molecular weight is 452 g/mol. The number of amides is 2. The number of carbonyl (C=O) groups is 2. The summed E-state index contributed by atoms with van der Waals surface area (Å²) in [6.45, 7) is 0.00236. The third kappa shape index (κ3) is 5.39. The van der Waals surface area contributed by atoms with Gasteiger partial charge in [0.1, 0.15) is 10.1 Å². The van der Waals surface area contributed by atoms with Crippen LogP contribution in [0.2, 0.25) is 0 Å². The second-order valence-electron chi connectivity index (χ2n) is 6.30. The van der Waals surface area contributed by atoms with Gasteiger partial charge in [0.15, 0.2) is 0 Å². The Morgan fingerprint density at radius 3 is 2.57 bits per heavy atom. The van der Waals surface area contributed by atoms with Crippen LogP contribution in [0.1, 0.15) is 17.5 Å². The second kappa shape index (κ2) is 8.88. The number of hydrogen-bond acceptors (Lipinski definition) is 5. The molecule has 3 rings (SSSR count). The van der Waals surface area contributed by atoms with E-state index in [4.69, 9.17) is 12.2 Å². The zero-order chi connectivity index (χ0) is 21.9. The van der Waals surface area contributed by atoms with Crippen LogP contribution in [0.25, 0.3) is 6.08 Å². The molecule has 10 heteroatoms. The van der Waals surface area contributed by atoms with E-state index in [9.17, 15) is 27.9 Å². The van der Waals surface area contributed by atoms with E-state index in [0.717, 1.165) is 23.9 Å². The van der Waals surface area contributed by atoms with Crippen LogP contribution in [0, 0.1) is 0 Å². The lowest BCUT2D eigenvalue weighted by molar-refractivity contribution is -0.137. The summed E-state index contributed by atoms with van der Waals surface area (Å²) in [7, 11) is 0. The predicted octanol–water partition coefficient (Wildman–Crippen LogP) is 4.64. The van der Waals surface area contributed by atoms with Crippen molar-refractivity contribution in [2.45, 2.75) is 12.6 Å². The van der Waals surface area contributed by atoms with Gasteiger partial charge in [0, 0.05) is 18.7 Å². The fourth-order valence-electron chi connectivity index (χ4n) is 2.62. The molecule has 1 aliphatic rings. The van der Waals surface area contributed by atoms with Gasteiger partial charge in [-0.2, -0.15) is 13.2 Å². The molecule has 156 valence electrons. The van der Waals surface area contributed by atoms with Crippen molar-refractivity contribution < 1.29 is 27.9 Å². The van der Waals surface area contributed by atoms with Gasteiger partial charge in [-0.15, -0.1) is 0 Å². The molecule has 0 saturated carbocycles. The minimum absolute atomic E-state index is 0.00236. The molecule has 0 aliphatic carbocycles. The molecule has 2 N–H and O–H groups in total. The predicted molar refractivity (Wildman–Crippen MR) is 113 cm³/mol. The Morgan fingerprint density at radius 1 is 1.20 bits per heavy atom. The van der Waals surface area contributed by atoms with Gasteiger partial charge in [0.25, 0.3) is 5.91 Å². The number of rotatable bonds is 5. The number of hydrogen-bond donors (Lipinski definition) is 2. The zero-order valence-corrected chi connectivity index (χ0v) is 16.9. The number of benzene rings is 2. The van der Waals surface area contributed by atoms with Crippen LogP contribution < -0.4 is 5.32 Å². The molecule has 0 spiro atoms. The number of nitrogens with one attached hydrogen (secondary N) is 1. The third-order valence-electron chi connectivity index (χ3n) is 4.10. The van der Waals surface area contributed by atoms with E-state index in [1.807, 2.05) is 0 Å². The maximum atomic E-state index is 12.8. The van der Waals surface area contributed by atoms with Crippen LogP contribution in [-0.2, 0) is 15.8 Å². The molecule has 0 bridgehead atoms. The van der Waals surface area contributed by atoms with Crippen molar-refractivity contribution in [3.05, 3.63) is 64.6 Å². The summed E-state index contributed by atoms with van der Waals surface area (Å²) in [4.78, 5) is 26.3. The van der Waals surface area contributed by atoms with Gasteiger partial charge in [-0.25, -0.2) is 0 Å². The van der Waals surface area contributed by atoms with Gasteiger partial charge >= 0.3 is 6.18 Å². The maximum absolute atomic E-state index is 12.8. The monoisotopic (exact) mass is 452 g/mol. The molecule has 2 aromatic rings. The number of phenols is 1. The first-order chi connectivity index (χ1) is 14.1. The van der Waals surface area contributed by atoms with E-state index in [1.54, 1.807) is 18.2 Å². The lowest BCUT2D eigenvalue weighted by atomic mass is 10.2. The molecule has 2 amide bonds. The third-order valence-corrected chi connectivity index (χ3v) is 5.48. The molecular weight excluding hydrogens is 437 g/mol. The molecule has 1 heterocycles. The molecule has 1 fully saturated rings. The maximum Gasteiger partial charge on any atom is 0.416 e. The Kier molecular flexibility index (Phi) is 6.47. The Balaban J connectivity index is 1.60. The van der Waals surface area contributed by atoms with Crippen molar-refractivity contribution in [1.82, 2.24) is 4.90 Å². The molecular formula is C20H15F3N2O3S2. The Hall–Kier alpha value is -2.85. The summed E-state index contributed by atoms with van der Waals surface area (Å²) in [6, 6.07) is 10.6. The van der Waals surface area contributed by atoms with Gasteiger partial charge in [0.05, 0.1) is 10.5 Å². The normalized spacial score (nSPS) is 15.7. The van der Waals surface area contributed by atoms with Gasteiger partial charge in [-0.1, -0.05) is 42.2 Å². The van der Waals surface area contributed by atoms with E-state index < -0.39 is 17.6 Å². The summed E-state index contributed by atoms with van der Waals surface area (Å²) in [5.41, 5.74) is -0.139. The Bertz CT molecular complexity index is 1020. The fourth-order valence-corrected chi connectivity index (χ4v) is 3.93. The summed E-state index contributed by atoms with van der Waals surface area (Å²) in [6.07, 6.45) is -3.01. The van der Waals surface area contributed by atoms with Crippen LogP contribution >= 0.6 is 24.0 Å². The van der Waals surface area contributed by atoms with Crippen LogP contribution in [0.5, 0.6) is 5.75 Å². The molecule has 0 aromatic heterocycles. The van der Waals surface area contributed by atoms with Crippen LogP contribution in [0.4, 0.5) is 18.9 Å². The van der Waals surface area contributed by atoms with Crippen molar-refractivity contribution >= 4 is 51.9 Å². The van der Waals surface area contributed by atoms with E-state index in [2.05, 4.69) is 5.32 Å². The first-order valence-electron chi connectivity index (χ1n) is 8.65. The van der Waals surface area contributed by atoms with Crippen molar-refractivity contribution in [2.24, 2.45) is 0 Å². The zero-order valence-electron chi connectivity index (χ0n) is 15.3. The largest absolute Gasteiger partial charge is 0.508 e. The summed E-state index contributed by atoms with van der Waals surface area (Å²) in [5, 5.41) is 11.7. The number of phenolic OH excluding ortho intramolecular Hbond substituents is 1. The van der Waals surface area contributed by atoms with Crippen LogP contribution in [-0.4, -0.2) is 32.7 Å². The van der Waals surface area contributed by atoms with Crippen molar-refractivity contribution in [2.75, 3.05) is 11.9 Å². The molecule has 30 heavy (non-hydrogen) atoms. The van der Waals surface area contributed by atoms with E-state index in [1.165, 1.54) is 29.2 Å². The number of thioether (sulfide) groups is 1. The van der Waals surface area contributed by atoms with Crippen LogP contribution in [0.3, 0.4) is 0 Å². The second-order valence-corrected chi connectivity index (χ2v) is 7.98. The lowest BCUT2D eigenvalue weighted by Gasteiger charge is -2.14. The lowest BCUT2D eigenvalue weighted by Crippen LogP contribution is -2.31. The highest BCUT2D eigenvalue weighted by atomic mass is 32.2. The minimum atomic E-state index is -4.51. The van der Waals surface area contributed by atoms with Gasteiger partial charge < -0.3 is 10.4 Å². The molecule has 0 unspecified atom stereocenters. The van der Waals surface area contributed by atoms with Crippen LogP contribution in [0.15, 0.2) is 53.4 Å². The molecule has 5 nitrogen and oxygen atoms in total. The molecule has 0 radical (unpaired) electrons. The van der Waals surface area contributed by atoms with Gasteiger partial charge in [0.2, 0.25) is 5.91 Å². The molecule has 1 aliphatic heterocycles. The highest BCUT2D eigenvalue weighted by Crippen LogP contribution is 2.33. The van der Waals surface area contributed by atoms with E-state index >= 15 is 0 Å². The quantitative estimate of drug-likeness (QED) is 0.511. The van der Waals surface area contributed by atoms with Crippen molar-refractivity contribution in [1.29, 1.82) is 0 Å². The highest BCUT2D eigenvalue weighted by molar-refractivity contribution is 8.26. The molecule has 2 aromatic carbocycles. The average Bonchev–Trinajstić information content (AvgIpc) is 2.94. The standard InChI is InChI=1S/C20H15F3N2O3S2/c21-20(22,23)13-2-1-3-14(11-13)24-17(27)8-9-25-18(28)16(30-19(25)29)10-12-4-6-15(26)7-5-12/h1-7,10-11,26H,8-9H2,(H,24,27)/b16-10-. The van der Waals surface area contributed by atoms with Gasteiger partial charge in [-0.05, 0) is 42.0 Å². The summed E-state index contributed by atoms with van der Waals surface area (Å²) >= 11 is 6.29. The highest BCUT2D eigenvalue weighted by Gasteiger charge is 2.32. The van der Waals surface area contributed by atoms with Gasteiger partial charge in [-0.3, -0.25) is 14.5 Å². The first kappa shape index (κ1) is 21.8. The number of anilines is 1. The minimum Gasteiger partial charge on any atom is -0.508 e. The SMILES string of the molecule is O=C(CCN1C(=O)/C(=C/c2ccc(O)cc2)SC1=S)Nc1cccc(C(F)(F)F)c1. The Labute approximate surface area is 179 Å². The summed E-state index contributed by atoms with van der Waals surface area (Å²) in [5.74, 6) is -0.790. The number of thiocarbonyl (C=S) groups is 1. The number of alkyl halides is 3.